The normalized spacial score (nSPS) is 14.8. The minimum atomic E-state index is 0.166. The van der Waals surface area contributed by atoms with Gasteiger partial charge in [0.05, 0.1) is 0 Å². The molecule has 0 radical (unpaired) electrons. The highest BCUT2D eigenvalue weighted by atomic mass is 15.1. The van der Waals surface area contributed by atoms with Gasteiger partial charge in [0.2, 0.25) is 0 Å². The molecule has 0 heterocycles. The fourth-order valence-electron chi connectivity index (χ4n) is 2.49. The van der Waals surface area contributed by atoms with Crippen LogP contribution in [0.5, 0.6) is 0 Å². The quantitative estimate of drug-likeness (QED) is 0.804. The Morgan fingerprint density at radius 2 is 1.89 bits per heavy atom. The van der Waals surface area contributed by atoms with Crippen LogP contribution in [0.25, 0.3) is 0 Å². The van der Waals surface area contributed by atoms with E-state index >= 15 is 0 Å². The van der Waals surface area contributed by atoms with Gasteiger partial charge in [-0.25, -0.2) is 0 Å². The summed E-state index contributed by atoms with van der Waals surface area (Å²) in [6.45, 7) is 12.9. The molecule has 1 aromatic carbocycles. The van der Waals surface area contributed by atoms with Crippen LogP contribution >= 0.6 is 0 Å². The number of nitrogens with zero attached hydrogens (tertiary/aromatic N) is 1. The summed E-state index contributed by atoms with van der Waals surface area (Å²) in [5.41, 5.74) is 8.92. The Labute approximate surface area is 112 Å². The summed E-state index contributed by atoms with van der Waals surface area (Å²) in [6, 6.07) is 8.77. The Hall–Kier alpha value is -0.860. The first-order valence-electron chi connectivity index (χ1n) is 7.01. The maximum absolute atomic E-state index is 6.02. The fraction of sp³-hybridized carbons (Fsp3) is 0.625. The molecule has 1 atom stereocenters. The summed E-state index contributed by atoms with van der Waals surface area (Å²) in [4.78, 5) is 2.46. The molecule has 0 aliphatic heterocycles. The number of benzene rings is 1. The van der Waals surface area contributed by atoms with Gasteiger partial charge in [-0.15, -0.1) is 0 Å². The molecule has 0 bridgehead atoms. The molecule has 0 amide bonds. The van der Waals surface area contributed by atoms with Gasteiger partial charge >= 0.3 is 0 Å². The molecular formula is C16H28N2. The van der Waals surface area contributed by atoms with Crippen molar-refractivity contribution in [2.45, 2.75) is 34.1 Å². The largest absolute Gasteiger partial charge is 0.330 e. The molecule has 0 aromatic heterocycles. The van der Waals surface area contributed by atoms with Crippen LogP contribution in [0.3, 0.4) is 0 Å². The number of hydrogen-bond donors (Lipinski definition) is 1. The molecule has 1 unspecified atom stereocenters. The molecule has 0 fully saturated rings. The van der Waals surface area contributed by atoms with Gasteiger partial charge < -0.3 is 10.6 Å². The van der Waals surface area contributed by atoms with E-state index in [9.17, 15) is 0 Å². The number of aryl methyl sites for hydroxylation is 1. The first-order valence-corrected chi connectivity index (χ1v) is 7.01. The van der Waals surface area contributed by atoms with Crippen molar-refractivity contribution in [2.24, 2.45) is 11.1 Å². The van der Waals surface area contributed by atoms with E-state index in [-0.39, 0.29) is 5.41 Å². The van der Waals surface area contributed by atoms with E-state index in [2.05, 4.69) is 56.9 Å². The second-order valence-electron chi connectivity index (χ2n) is 5.64. The number of rotatable bonds is 7. The zero-order chi connectivity index (χ0) is 13.6. The van der Waals surface area contributed by atoms with E-state index in [1.165, 1.54) is 11.1 Å². The lowest BCUT2D eigenvalue weighted by Crippen LogP contribution is -2.42. The molecular weight excluding hydrogens is 220 g/mol. The van der Waals surface area contributed by atoms with Gasteiger partial charge in [-0.05, 0) is 44.0 Å². The third-order valence-electron chi connectivity index (χ3n) is 3.71. The zero-order valence-corrected chi connectivity index (χ0v) is 12.4. The monoisotopic (exact) mass is 248 g/mol. The van der Waals surface area contributed by atoms with Crippen LogP contribution in [-0.4, -0.2) is 31.1 Å². The smallest absolute Gasteiger partial charge is 0.00504 e. The Balaban J connectivity index is 2.75. The second kappa shape index (κ2) is 6.91. The Kier molecular flexibility index (Phi) is 5.83. The van der Waals surface area contributed by atoms with E-state index in [1.54, 1.807) is 0 Å². The van der Waals surface area contributed by atoms with Crippen LogP contribution < -0.4 is 5.73 Å². The van der Waals surface area contributed by atoms with Crippen molar-refractivity contribution in [3.63, 3.8) is 0 Å². The zero-order valence-electron chi connectivity index (χ0n) is 12.4. The van der Waals surface area contributed by atoms with Gasteiger partial charge in [0.1, 0.15) is 0 Å². The minimum absolute atomic E-state index is 0.166. The number of hydrogen-bond acceptors (Lipinski definition) is 2. The van der Waals surface area contributed by atoms with Crippen LogP contribution in [0.4, 0.5) is 0 Å². The van der Waals surface area contributed by atoms with E-state index in [0.29, 0.717) is 0 Å². The predicted molar refractivity (Wildman–Crippen MR) is 79.8 cm³/mol. The van der Waals surface area contributed by atoms with Crippen molar-refractivity contribution < 1.29 is 0 Å². The van der Waals surface area contributed by atoms with Crippen LogP contribution in [0, 0.1) is 12.3 Å². The Bertz CT molecular complexity index is 358. The summed E-state index contributed by atoms with van der Waals surface area (Å²) < 4.78 is 0. The molecule has 2 N–H and O–H groups in total. The lowest BCUT2D eigenvalue weighted by molar-refractivity contribution is 0.181. The van der Waals surface area contributed by atoms with Crippen LogP contribution in [-0.2, 0) is 6.42 Å². The van der Waals surface area contributed by atoms with Crippen molar-refractivity contribution in [3.05, 3.63) is 35.4 Å². The average molecular weight is 248 g/mol. The molecule has 1 aromatic rings. The van der Waals surface area contributed by atoms with Gasteiger partial charge in [-0.1, -0.05) is 50.6 Å². The Morgan fingerprint density at radius 1 is 1.22 bits per heavy atom. The minimum Gasteiger partial charge on any atom is -0.330 e. The van der Waals surface area contributed by atoms with Crippen LogP contribution in [0.2, 0.25) is 0 Å². The first-order chi connectivity index (χ1) is 8.53. The van der Waals surface area contributed by atoms with Gasteiger partial charge in [-0.2, -0.15) is 0 Å². The van der Waals surface area contributed by atoms with Crippen molar-refractivity contribution in [1.29, 1.82) is 0 Å². The summed E-state index contributed by atoms with van der Waals surface area (Å²) >= 11 is 0. The van der Waals surface area contributed by atoms with E-state index < -0.39 is 0 Å². The highest BCUT2D eigenvalue weighted by Crippen LogP contribution is 2.23. The molecule has 0 aliphatic carbocycles. The van der Waals surface area contributed by atoms with E-state index in [1.807, 2.05) is 0 Å². The van der Waals surface area contributed by atoms with Gasteiger partial charge in [0.15, 0.2) is 0 Å². The summed E-state index contributed by atoms with van der Waals surface area (Å²) in [5, 5.41) is 0. The molecule has 1 rings (SSSR count). The molecule has 0 saturated heterocycles. The van der Waals surface area contributed by atoms with Crippen molar-refractivity contribution in [1.82, 2.24) is 4.90 Å². The summed E-state index contributed by atoms with van der Waals surface area (Å²) in [7, 11) is 0. The maximum Gasteiger partial charge on any atom is 0.00504 e. The van der Waals surface area contributed by atoms with Crippen molar-refractivity contribution in [3.8, 4) is 0 Å². The van der Waals surface area contributed by atoms with Gasteiger partial charge in [-0.3, -0.25) is 0 Å². The van der Waals surface area contributed by atoms with Crippen molar-refractivity contribution >= 4 is 0 Å². The summed E-state index contributed by atoms with van der Waals surface area (Å²) in [6.07, 6.45) is 1.06. The lowest BCUT2D eigenvalue weighted by atomic mass is 9.82. The molecule has 18 heavy (non-hydrogen) atoms. The molecule has 0 saturated carbocycles. The summed E-state index contributed by atoms with van der Waals surface area (Å²) in [5.74, 6) is 0. The average Bonchev–Trinajstić information content (AvgIpc) is 2.36. The Morgan fingerprint density at radius 3 is 2.39 bits per heavy atom. The fourth-order valence-corrected chi connectivity index (χ4v) is 2.49. The molecule has 2 heteroatoms. The highest BCUT2D eigenvalue weighted by Gasteiger charge is 2.25. The van der Waals surface area contributed by atoms with Crippen LogP contribution in [0.15, 0.2) is 24.3 Å². The van der Waals surface area contributed by atoms with Crippen molar-refractivity contribution in [2.75, 3.05) is 26.2 Å². The van der Waals surface area contributed by atoms with Gasteiger partial charge in [0.25, 0.3) is 0 Å². The van der Waals surface area contributed by atoms with Crippen LogP contribution in [0.1, 0.15) is 31.9 Å². The molecule has 2 nitrogen and oxygen atoms in total. The third-order valence-corrected chi connectivity index (χ3v) is 3.71. The molecule has 0 aliphatic rings. The highest BCUT2D eigenvalue weighted by molar-refractivity contribution is 5.23. The van der Waals surface area contributed by atoms with E-state index in [0.717, 1.165) is 32.6 Å². The van der Waals surface area contributed by atoms with Gasteiger partial charge in [0, 0.05) is 6.54 Å². The topological polar surface area (TPSA) is 29.3 Å². The molecule has 102 valence electrons. The lowest BCUT2D eigenvalue weighted by Gasteiger charge is -2.34. The molecule has 0 spiro atoms. The predicted octanol–water partition coefficient (Wildman–Crippen LogP) is 2.84. The standard InChI is InChI=1S/C16H28N2/c1-5-18(6-2)13-16(4,12-17)11-15-9-7-8-14(3)10-15/h7-10H,5-6,11-13,17H2,1-4H3. The number of nitrogens with two attached hydrogens (primary N) is 1. The van der Waals surface area contributed by atoms with E-state index in [4.69, 9.17) is 5.73 Å². The first kappa shape index (κ1) is 15.2. The second-order valence-corrected chi connectivity index (χ2v) is 5.64. The maximum atomic E-state index is 6.02. The third kappa shape index (κ3) is 4.43. The SMILES string of the molecule is CCN(CC)CC(C)(CN)Cc1cccc(C)c1.